The minimum atomic E-state index is -4.45. The Kier molecular flexibility index (Phi) is 5.77. The summed E-state index contributed by atoms with van der Waals surface area (Å²) >= 11 is 0. The van der Waals surface area contributed by atoms with E-state index in [0.717, 1.165) is 48.1 Å². The lowest BCUT2D eigenvalue weighted by Gasteiger charge is -2.18. The topological polar surface area (TPSA) is 38.1 Å². The molecular weight excluding hydrogens is 482 g/mol. The summed E-state index contributed by atoms with van der Waals surface area (Å²) in [5, 5.41) is 0. The molecule has 0 N–H and O–H groups in total. The molecule has 4 aromatic rings. The Hall–Kier alpha value is -3.68. The molecule has 0 bridgehead atoms. The number of hydrogen-bond donors (Lipinski definition) is 0. The van der Waals surface area contributed by atoms with Gasteiger partial charge in [-0.2, -0.15) is 13.2 Å². The van der Waals surface area contributed by atoms with E-state index in [4.69, 9.17) is 0 Å². The molecule has 1 saturated carbocycles. The molecule has 1 aliphatic carbocycles. The van der Waals surface area contributed by atoms with Crippen molar-refractivity contribution in [3.63, 3.8) is 0 Å². The minimum absolute atomic E-state index is 0.170. The van der Waals surface area contributed by atoms with Gasteiger partial charge in [-0.05, 0) is 66.6 Å². The first-order valence-electron chi connectivity index (χ1n) is 12.5. The van der Waals surface area contributed by atoms with Crippen LogP contribution in [0.5, 0.6) is 0 Å². The van der Waals surface area contributed by atoms with Crippen LogP contribution in [0.1, 0.15) is 24.8 Å². The van der Waals surface area contributed by atoms with E-state index in [1.54, 1.807) is 12.1 Å². The smallest absolute Gasteiger partial charge is 0.342 e. The highest BCUT2D eigenvalue weighted by molar-refractivity contribution is 5.82. The van der Waals surface area contributed by atoms with E-state index >= 15 is 0 Å². The van der Waals surface area contributed by atoms with Crippen molar-refractivity contribution in [2.24, 2.45) is 11.8 Å². The van der Waals surface area contributed by atoms with E-state index in [0.29, 0.717) is 31.0 Å². The lowest BCUT2D eigenvalue weighted by atomic mass is 10.0. The normalized spacial score (nSPS) is 18.1. The molecule has 1 unspecified atom stereocenters. The molecule has 37 heavy (non-hydrogen) atoms. The Morgan fingerprint density at radius 2 is 1.54 bits per heavy atom. The van der Waals surface area contributed by atoms with Gasteiger partial charge in [-0.1, -0.05) is 36.4 Å². The summed E-state index contributed by atoms with van der Waals surface area (Å²) in [4.78, 5) is 19.1. The highest BCUT2D eigenvalue weighted by Gasteiger charge is 2.37. The molecule has 1 aromatic heterocycles. The van der Waals surface area contributed by atoms with Crippen molar-refractivity contribution in [1.82, 2.24) is 14.5 Å². The van der Waals surface area contributed by atoms with Gasteiger partial charge in [0.1, 0.15) is 11.6 Å². The Morgan fingerprint density at radius 3 is 2.19 bits per heavy atom. The predicted octanol–water partition coefficient (Wildman–Crippen LogP) is 6.79. The summed E-state index contributed by atoms with van der Waals surface area (Å²) in [5.41, 5.74) is 2.73. The predicted molar refractivity (Wildman–Crippen MR) is 133 cm³/mol. The van der Waals surface area contributed by atoms with E-state index in [9.17, 15) is 22.4 Å². The van der Waals surface area contributed by atoms with Crippen molar-refractivity contribution in [2.75, 3.05) is 13.1 Å². The molecule has 4 nitrogen and oxygen atoms in total. The molecule has 2 heterocycles. The molecule has 2 fully saturated rings. The first kappa shape index (κ1) is 23.7. The van der Waals surface area contributed by atoms with Gasteiger partial charge < -0.3 is 9.47 Å². The van der Waals surface area contributed by atoms with Gasteiger partial charge in [-0.15, -0.1) is 0 Å². The van der Waals surface area contributed by atoms with Crippen molar-refractivity contribution >= 4 is 16.9 Å². The number of hydrogen-bond acceptors (Lipinski definition) is 2. The van der Waals surface area contributed by atoms with Crippen LogP contribution in [-0.4, -0.2) is 33.4 Å². The van der Waals surface area contributed by atoms with Crippen LogP contribution in [0.3, 0.4) is 0 Å². The zero-order valence-corrected chi connectivity index (χ0v) is 20.0. The number of amides is 1. The molecule has 190 valence electrons. The van der Waals surface area contributed by atoms with Crippen LogP contribution in [-0.2, 0) is 17.5 Å². The van der Waals surface area contributed by atoms with Crippen LogP contribution in [0.15, 0.2) is 66.7 Å². The number of imidazole rings is 1. The number of fused-ring (bicyclic) bond motifs is 1. The number of alkyl halides is 3. The maximum atomic E-state index is 13.4. The van der Waals surface area contributed by atoms with Crippen LogP contribution in [0.4, 0.5) is 17.6 Å². The van der Waals surface area contributed by atoms with E-state index in [1.807, 2.05) is 33.7 Å². The molecule has 0 radical (unpaired) electrons. The van der Waals surface area contributed by atoms with Gasteiger partial charge in [-0.25, -0.2) is 9.37 Å². The molecule has 2 aliphatic rings. The van der Waals surface area contributed by atoms with Crippen molar-refractivity contribution in [1.29, 1.82) is 0 Å². The standard InChI is InChI=1S/C29H25F4N3O/c30-24-10-7-20(8-11-24)19-1-3-21(4-2-19)27-34-25-15-23(29(31,32)33)9-12-26(25)36(27)17-18-13-14-35(16-18)28(37)22-5-6-22/h1-4,7-12,15,18,22H,5-6,13-14,16-17H2. The van der Waals surface area contributed by atoms with Crippen LogP contribution < -0.4 is 0 Å². The summed E-state index contributed by atoms with van der Waals surface area (Å²) in [6.45, 7) is 1.93. The third-order valence-corrected chi connectivity index (χ3v) is 7.36. The summed E-state index contributed by atoms with van der Waals surface area (Å²) in [6, 6.07) is 17.5. The van der Waals surface area contributed by atoms with Crippen molar-refractivity contribution in [2.45, 2.75) is 32.0 Å². The lowest BCUT2D eigenvalue weighted by molar-refractivity contribution is -0.137. The maximum Gasteiger partial charge on any atom is 0.416 e. The Morgan fingerprint density at radius 1 is 0.892 bits per heavy atom. The van der Waals surface area contributed by atoms with Gasteiger partial charge in [0.25, 0.3) is 0 Å². The molecule has 1 atom stereocenters. The monoisotopic (exact) mass is 507 g/mol. The van der Waals surface area contributed by atoms with E-state index in [2.05, 4.69) is 4.98 Å². The van der Waals surface area contributed by atoms with Gasteiger partial charge in [0.2, 0.25) is 5.91 Å². The van der Waals surface area contributed by atoms with Crippen LogP contribution in [0.25, 0.3) is 33.5 Å². The molecule has 1 amide bonds. The molecule has 1 aliphatic heterocycles. The van der Waals surface area contributed by atoms with Crippen molar-refractivity contribution < 1.29 is 22.4 Å². The fraction of sp³-hybridized carbons (Fsp3) is 0.310. The highest BCUT2D eigenvalue weighted by Crippen LogP contribution is 2.36. The summed E-state index contributed by atoms with van der Waals surface area (Å²) in [6.07, 6.45) is -1.68. The molecular formula is C29H25F4N3O. The molecule has 1 saturated heterocycles. The number of aromatic nitrogens is 2. The van der Waals surface area contributed by atoms with E-state index in [-0.39, 0.29) is 29.1 Å². The number of benzene rings is 3. The fourth-order valence-electron chi connectivity index (χ4n) is 5.19. The molecule has 8 heteroatoms. The Bertz CT molecular complexity index is 1450. The van der Waals surface area contributed by atoms with Crippen molar-refractivity contribution in [3.8, 4) is 22.5 Å². The zero-order chi connectivity index (χ0) is 25.7. The minimum Gasteiger partial charge on any atom is -0.342 e. The first-order chi connectivity index (χ1) is 17.8. The SMILES string of the molecule is O=C(C1CC1)N1CCC(Cn2c(-c3ccc(-c4ccc(F)cc4)cc3)nc3cc(C(F)(F)F)ccc32)C1. The third kappa shape index (κ3) is 4.72. The number of nitrogens with zero attached hydrogens (tertiary/aromatic N) is 3. The molecule has 6 rings (SSSR count). The van der Waals surface area contributed by atoms with Crippen LogP contribution in [0.2, 0.25) is 0 Å². The number of carbonyl (C=O) groups excluding carboxylic acids is 1. The van der Waals surface area contributed by atoms with Crippen molar-refractivity contribution in [3.05, 3.63) is 78.1 Å². The number of likely N-dealkylation sites (tertiary alicyclic amines) is 1. The summed E-state index contributed by atoms with van der Waals surface area (Å²) in [7, 11) is 0. The van der Waals surface area contributed by atoms with Gasteiger partial charge >= 0.3 is 6.18 Å². The Balaban J connectivity index is 1.35. The summed E-state index contributed by atoms with van der Waals surface area (Å²) < 4.78 is 55.5. The van der Waals surface area contributed by atoms with Gasteiger partial charge in [0.15, 0.2) is 0 Å². The molecule has 0 spiro atoms. The second-order valence-corrected chi connectivity index (χ2v) is 10.0. The van der Waals surface area contributed by atoms with Crippen LogP contribution >= 0.6 is 0 Å². The first-order valence-corrected chi connectivity index (χ1v) is 12.5. The summed E-state index contributed by atoms with van der Waals surface area (Å²) in [5.74, 6) is 0.872. The van der Waals surface area contributed by atoms with Gasteiger partial charge in [0, 0.05) is 31.1 Å². The Labute approximate surface area is 211 Å². The maximum absolute atomic E-state index is 13.4. The quantitative estimate of drug-likeness (QED) is 0.279. The lowest BCUT2D eigenvalue weighted by Crippen LogP contribution is -2.30. The average molecular weight is 508 g/mol. The van der Waals surface area contributed by atoms with Crippen LogP contribution in [0, 0.1) is 17.7 Å². The van der Waals surface area contributed by atoms with Gasteiger partial charge in [0.05, 0.1) is 16.6 Å². The fourth-order valence-corrected chi connectivity index (χ4v) is 5.19. The zero-order valence-electron chi connectivity index (χ0n) is 20.0. The third-order valence-electron chi connectivity index (χ3n) is 7.36. The molecule has 3 aromatic carbocycles. The second-order valence-electron chi connectivity index (χ2n) is 10.0. The number of rotatable bonds is 5. The average Bonchev–Trinajstić information content (AvgIpc) is 3.53. The largest absolute Gasteiger partial charge is 0.416 e. The highest BCUT2D eigenvalue weighted by atomic mass is 19.4. The second kappa shape index (κ2) is 9.01. The van der Waals surface area contributed by atoms with Gasteiger partial charge in [-0.3, -0.25) is 4.79 Å². The van der Waals surface area contributed by atoms with E-state index < -0.39 is 11.7 Å². The van der Waals surface area contributed by atoms with E-state index in [1.165, 1.54) is 18.2 Å². The number of carbonyl (C=O) groups is 1. The number of halogens is 4.